The molecule has 1 aromatic rings. The van der Waals surface area contributed by atoms with Crippen LogP contribution in [0.2, 0.25) is 0 Å². The Balaban J connectivity index is 2.11. The lowest BCUT2D eigenvalue weighted by Crippen LogP contribution is -2.33. The highest BCUT2D eigenvalue weighted by Gasteiger charge is 2.33. The Bertz CT molecular complexity index is 625. The van der Waals surface area contributed by atoms with E-state index >= 15 is 0 Å². The molecule has 1 heterocycles. The SMILES string of the molecule is CCCOc1ccc(C=C2SC(=S)N(CC(=O)O)C2=O)cc1. The van der Waals surface area contributed by atoms with Crippen LogP contribution < -0.4 is 4.74 Å². The van der Waals surface area contributed by atoms with Gasteiger partial charge in [0.15, 0.2) is 0 Å². The summed E-state index contributed by atoms with van der Waals surface area (Å²) in [5.41, 5.74) is 0.833. The summed E-state index contributed by atoms with van der Waals surface area (Å²) >= 11 is 6.15. The number of thioether (sulfide) groups is 1. The van der Waals surface area contributed by atoms with Gasteiger partial charge in [0.2, 0.25) is 0 Å². The van der Waals surface area contributed by atoms with Gasteiger partial charge in [-0.15, -0.1) is 0 Å². The number of carboxylic acids is 1. The van der Waals surface area contributed by atoms with Gasteiger partial charge >= 0.3 is 5.97 Å². The highest BCUT2D eigenvalue weighted by atomic mass is 32.2. The van der Waals surface area contributed by atoms with Crippen molar-refractivity contribution < 1.29 is 19.4 Å². The highest BCUT2D eigenvalue weighted by Crippen LogP contribution is 2.32. The predicted molar refractivity (Wildman–Crippen MR) is 89.7 cm³/mol. The minimum absolute atomic E-state index is 0.265. The number of rotatable bonds is 6. The third-order valence-corrected chi connectivity index (χ3v) is 4.20. The van der Waals surface area contributed by atoms with E-state index in [4.69, 9.17) is 22.1 Å². The molecule has 1 N–H and O–H groups in total. The zero-order valence-corrected chi connectivity index (χ0v) is 13.6. The summed E-state index contributed by atoms with van der Waals surface area (Å²) in [6.07, 6.45) is 2.64. The number of carbonyl (C=O) groups excluding carboxylic acids is 1. The van der Waals surface area contributed by atoms with Gasteiger partial charge in [-0.3, -0.25) is 14.5 Å². The van der Waals surface area contributed by atoms with Crippen LogP contribution in [0.5, 0.6) is 5.75 Å². The molecule has 22 heavy (non-hydrogen) atoms. The fraction of sp³-hybridized carbons (Fsp3) is 0.267. The summed E-state index contributed by atoms with van der Waals surface area (Å²) in [6, 6.07) is 7.35. The van der Waals surface area contributed by atoms with Crippen LogP contribution in [0, 0.1) is 0 Å². The van der Waals surface area contributed by atoms with E-state index in [2.05, 4.69) is 0 Å². The lowest BCUT2D eigenvalue weighted by Gasteiger charge is -2.10. The molecule has 0 unspecified atom stereocenters. The number of ether oxygens (including phenoxy) is 1. The summed E-state index contributed by atoms with van der Waals surface area (Å²) < 4.78 is 5.76. The molecule has 7 heteroatoms. The normalized spacial score (nSPS) is 16.4. The van der Waals surface area contributed by atoms with Crippen LogP contribution in [0.3, 0.4) is 0 Å². The van der Waals surface area contributed by atoms with Crippen molar-refractivity contribution in [2.45, 2.75) is 13.3 Å². The minimum atomic E-state index is -1.09. The molecule has 0 aliphatic carbocycles. The first-order chi connectivity index (χ1) is 10.5. The largest absolute Gasteiger partial charge is 0.494 e. The van der Waals surface area contributed by atoms with Gasteiger partial charge in [0.1, 0.15) is 16.6 Å². The number of benzene rings is 1. The molecule has 0 spiro atoms. The zero-order valence-electron chi connectivity index (χ0n) is 11.9. The van der Waals surface area contributed by atoms with Gasteiger partial charge in [-0.25, -0.2) is 0 Å². The lowest BCUT2D eigenvalue weighted by atomic mass is 10.2. The molecule has 0 saturated carbocycles. The molecule has 1 amide bonds. The molecule has 1 aliphatic heterocycles. The van der Waals surface area contributed by atoms with E-state index in [1.165, 1.54) is 0 Å². The molecule has 5 nitrogen and oxygen atoms in total. The first kappa shape index (κ1) is 16.5. The average Bonchev–Trinajstić information content (AvgIpc) is 2.74. The van der Waals surface area contributed by atoms with Crippen LogP contribution in [0.25, 0.3) is 6.08 Å². The van der Waals surface area contributed by atoms with E-state index in [0.29, 0.717) is 11.5 Å². The van der Waals surface area contributed by atoms with Crippen molar-refractivity contribution >= 4 is 46.3 Å². The van der Waals surface area contributed by atoms with Crippen LogP contribution in [0.15, 0.2) is 29.2 Å². The average molecular weight is 337 g/mol. The molecule has 2 rings (SSSR count). The van der Waals surface area contributed by atoms with E-state index in [9.17, 15) is 9.59 Å². The quantitative estimate of drug-likeness (QED) is 0.636. The van der Waals surface area contributed by atoms with Crippen molar-refractivity contribution in [1.29, 1.82) is 0 Å². The van der Waals surface area contributed by atoms with Crippen LogP contribution >= 0.6 is 24.0 Å². The topological polar surface area (TPSA) is 66.8 Å². The molecular weight excluding hydrogens is 322 g/mol. The molecule has 1 saturated heterocycles. The summed E-state index contributed by atoms with van der Waals surface area (Å²) in [7, 11) is 0. The molecule has 1 aromatic carbocycles. The van der Waals surface area contributed by atoms with Crippen LogP contribution in [0.4, 0.5) is 0 Å². The standard InChI is InChI=1S/C15H15NO4S2/c1-2-7-20-11-5-3-10(4-6-11)8-12-14(19)16(9-13(17)18)15(21)22-12/h3-6,8H,2,7,9H2,1H3,(H,17,18). The maximum Gasteiger partial charge on any atom is 0.323 e. The van der Waals surface area contributed by atoms with Crippen molar-refractivity contribution in [2.24, 2.45) is 0 Å². The van der Waals surface area contributed by atoms with E-state index < -0.39 is 12.5 Å². The van der Waals surface area contributed by atoms with Crippen molar-refractivity contribution in [3.63, 3.8) is 0 Å². The van der Waals surface area contributed by atoms with E-state index in [0.717, 1.165) is 34.4 Å². The van der Waals surface area contributed by atoms with Gasteiger partial charge in [0.25, 0.3) is 5.91 Å². The fourth-order valence-corrected chi connectivity index (χ4v) is 3.06. The van der Waals surface area contributed by atoms with E-state index in [-0.39, 0.29) is 10.2 Å². The second kappa shape index (κ2) is 7.42. The predicted octanol–water partition coefficient (Wildman–Crippen LogP) is 2.76. The number of thiocarbonyl (C=S) groups is 1. The Hall–Kier alpha value is -1.86. The molecule has 0 bridgehead atoms. The van der Waals surface area contributed by atoms with Gasteiger partial charge in [-0.1, -0.05) is 43.0 Å². The number of carboxylic acid groups (broad SMARTS) is 1. The Labute approximate surface area is 137 Å². The van der Waals surface area contributed by atoms with Crippen LogP contribution in [-0.2, 0) is 9.59 Å². The summed E-state index contributed by atoms with van der Waals surface area (Å²) in [6.45, 7) is 2.28. The zero-order chi connectivity index (χ0) is 16.1. The summed E-state index contributed by atoms with van der Waals surface area (Å²) in [4.78, 5) is 24.4. The number of hydrogen-bond donors (Lipinski definition) is 1. The maximum absolute atomic E-state index is 12.1. The highest BCUT2D eigenvalue weighted by molar-refractivity contribution is 8.26. The van der Waals surface area contributed by atoms with Gasteiger partial charge in [0.05, 0.1) is 11.5 Å². The van der Waals surface area contributed by atoms with E-state index in [1.807, 2.05) is 31.2 Å². The first-order valence-corrected chi connectivity index (χ1v) is 7.93. The Morgan fingerprint density at radius 3 is 2.68 bits per heavy atom. The van der Waals surface area contributed by atoms with Crippen molar-refractivity contribution in [1.82, 2.24) is 4.90 Å². The van der Waals surface area contributed by atoms with Crippen LogP contribution in [0.1, 0.15) is 18.9 Å². The molecular formula is C15H15NO4S2. The molecule has 0 aromatic heterocycles. The number of amides is 1. The number of nitrogens with zero attached hydrogens (tertiary/aromatic N) is 1. The smallest absolute Gasteiger partial charge is 0.323 e. The first-order valence-electron chi connectivity index (χ1n) is 6.71. The Kier molecular flexibility index (Phi) is 5.57. The van der Waals surface area contributed by atoms with Gasteiger partial charge < -0.3 is 9.84 Å². The van der Waals surface area contributed by atoms with Crippen molar-refractivity contribution in [3.05, 3.63) is 34.7 Å². The number of hydrogen-bond acceptors (Lipinski definition) is 5. The Morgan fingerprint density at radius 2 is 2.09 bits per heavy atom. The molecule has 116 valence electrons. The number of carbonyl (C=O) groups is 2. The van der Waals surface area contributed by atoms with Crippen LogP contribution in [-0.4, -0.2) is 39.4 Å². The van der Waals surface area contributed by atoms with Gasteiger partial charge in [0, 0.05) is 0 Å². The maximum atomic E-state index is 12.1. The fourth-order valence-electron chi connectivity index (χ4n) is 1.80. The van der Waals surface area contributed by atoms with Gasteiger partial charge in [-0.05, 0) is 30.2 Å². The second-order valence-corrected chi connectivity index (χ2v) is 6.25. The summed E-state index contributed by atoms with van der Waals surface area (Å²) in [5, 5.41) is 8.79. The lowest BCUT2D eigenvalue weighted by molar-refractivity contribution is -0.140. The summed E-state index contributed by atoms with van der Waals surface area (Å²) in [5.74, 6) is -0.684. The molecule has 0 atom stereocenters. The molecule has 1 aliphatic rings. The minimum Gasteiger partial charge on any atom is -0.494 e. The molecule has 0 radical (unpaired) electrons. The van der Waals surface area contributed by atoms with Crippen molar-refractivity contribution in [3.8, 4) is 5.75 Å². The van der Waals surface area contributed by atoms with E-state index in [1.54, 1.807) is 6.08 Å². The third kappa shape index (κ3) is 4.08. The monoisotopic (exact) mass is 337 g/mol. The van der Waals surface area contributed by atoms with Crippen molar-refractivity contribution in [2.75, 3.05) is 13.2 Å². The third-order valence-electron chi connectivity index (χ3n) is 2.82. The number of aliphatic carboxylic acids is 1. The van der Waals surface area contributed by atoms with Gasteiger partial charge in [-0.2, -0.15) is 0 Å². The molecule has 1 fully saturated rings. The Morgan fingerprint density at radius 1 is 1.41 bits per heavy atom. The second-order valence-electron chi connectivity index (χ2n) is 4.58.